The molecule has 0 radical (unpaired) electrons. The van der Waals surface area contributed by atoms with Crippen molar-refractivity contribution in [1.29, 1.82) is 0 Å². The molecule has 7 heteroatoms. The van der Waals surface area contributed by atoms with E-state index < -0.39 is 15.6 Å². The predicted molar refractivity (Wildman–Crippen MR) is 86.9 cm³/mol. The molecule has 0 aliphatic heterocycles. The van der Waals surface area contributed by atoms with Crippen LogP contribution >= 0.6 is 0 Å². The Morgan fingerprint density at radius 1 is 1.23 bits per heavy atom. The van der Waals surface area contributed by atoms with Gasteiger partial charge in [-0.3, -0.25) is 4.79 Å². The summed E-state index contributed by atoms with van der Waals surface area (Å²) < 4.78 is 26.5. The molecular weight excluding hydrogens is 302 g/mol. The summed E-state index contributed by atoms with van der Waals surface area (Å²) in [5.74, 6) is -0.274. The number of nitrogens with one attached hydrogen (secondary N) is 2. The number of hydrogen-bond donors (Lipinski definition) is 3. The highest BCUT2D eigenvalue weighted by Crippen LogP contribution is 2.10. The topological polar surface area (TPSA) is 101 Å². The first-order chi connectivity index (χ1) is 10.2. The lowest BCUT2D eigenvalue weighted by molar-refractivity contribution is -0.126. The highest BCUT2D eigenvalue weighted by molar-refractivity contribution is 7.89. The number of carbonyl (C=O) groups is 1. The Morgan fingerprint density at radius 2 is 1.82 bits per heavy atom. The number of sulfonamides is 1. The van der Waals surface area contributed by atoms with Crippen LogP contribution in [-0.4, -0.2) is 33.0 Å². The maximum atomic E-state index is 12.0. The smallest absolute Gasteiger partial charge is 0.240 e. The minimum Gasteiger partial charge on any atom is -0.353 e. The van der Waals surface area contributed by atoms with Crippen molar-refractivity contribution in [2.45, 2.75) is 44.0 Å². The second kappa shape index (κ2) is 7.71. The molecule has 1 amide bonds. The first kappa shape index (κ1) is 18.6. The fraction of sp³-hybridized carbons (Fsp3) is 0.533. The number of carbonyl (C=O) groups excluding carboxylic acids is 1. The van der Waals surface area contributed by atoms with Crippen LogP contribution in [0.25, 0.3) is 0 Å². The Kier molecular flexibility index (Phi) is 6.52. The van der Waals surface area contributed by atoms with Gasteiger partial charge in [-0.15, -0.1) is 0 Å². The maximum Gasteiger partial charge on any atom is 0.240 e. The number of benzene rings is 1. The molecule has 0 saturated heterocycles. The average Bonchev–Trinajstić information content (AvgIpc) is 2.43. The zero-order valence-electron chi connectivity index (χ0n) is 13.3. The molecule has 124 valence electrons. The van der Waals surface area contributed by atoms with Gasteiger partial charge in [0.2, 0.25) is 15.9 Å². The summed E-state index contributed by atoms with van der Waals surface area (Å²) in [5.41, 5.74) is 5.96. The Morgan fingerprint density at radius 3 is 2.36 bits per heavy atom. The van der Waals surface area contributed by atoms with Crippen molar-refractivity contribution in [2.24, 2.45) is 5.73 Å². The molecular formula is C15H25N3O3S. The van der Waals surface area contributed by atoms with Crippen molar-refractivity contribution in [3.8, 4) is 0 Å². The van der Waals surface area contributed by atoms with Gasteiger partial charge in [-0.2, -0.15) is 0 Å². The zero-order chi connectivity index (χ0) is 16.8. The average molecular weight is 327 g/mol. The van der Waals surface area contributed by atoms with Crippen LogP contribution in [0.5, 0.6) is 0 Å². The van der Waals surface area contributed by atoms with Gasteiger partial charge in [-0.1, -0.05) is 31.0 Å². The summed E-state index contributed by atoms with van der Waals surface area (Å²) in [6.07, 6.45) is 1.38. The number of amides is 1. The fourth-order valence-electron chi connectivity index (χ4n) is 2.00. The predicted octanol–water partition coefficient (Wildman–Crippen LogP) is 0.907. The number of hydrogen-bond acceptors (Lipinski definition) is 4. The van der Waals surface area contributed by atoms with Crippen LogP contribution in [0.4, 0.5) is 0 Å². The zero-order valence-corrected chi connectivity index (χ0v) is 14.2. The molecule has 1 aromatic carbocycles. The second-order valence-electron chi connectivity index (χ2n) is 5.63. The van der Waals surface area contributed by atoms with Crippen LogP contribution in [0.2, 0.25) is 0 Å². The first-order valence-electron chi connectivity index (χ1n) is 7.32. The molecule has 0 aromatic heterocycles. The molecule has 6 nitrogen and oxygen atoms in total. The van der Waals surface area contributed by atoms with E-state index in [0.29, 0.717) is 6.42 Å². The van der Waals surface area contributed by atoms with E-state index in [2.05, 4.69) is 10.0 Å². The van der Waals surface area contributed by atoms with Gasteiger partial charge in [0, 0.05) is 13.1 Å². The van der Waals surface area contributed by atoms with Gasteiger partial charge in [-0.25, -0.2) is 13.1 Å². The lowest BCUT2D eigenvalue weighted by Gasteiger charge is -2.22. The van der Waals surface area contributed by atoms with Crippen molar-refractivity contribution in [2.75, 3.05) is 13.1 Å². The Hall–Kier alpha value is -1.44. The molecule has 22 heavy (non-hydrogen) atoms. The quantitative estimate of drug-likeness (QED) is 0.618. The molecule has 0 saturated carbocycles. The van der Waals surface area contributed by atoms with Gasteiger partial charge >= 0.3 is 0 Å². The first-order valence-corrected chi connectivity index (χ1v) is 8.81. The standard InChI is InChI=1S/C15H25N3O3S/c1-4-9-15(3,16)14(19)17-10-11-18-22(20,21)13-7-5-12(2)6-8-13/h5-8,18H,4,9-11,16H2,1-3H3,(H,17,19). The Balaban J connectivity index is 2.47. The van der Waals surface area contributed by atoms with Crippen molar-refractivity contribution in [1.82, 2.24) is 10.0 Å². The summed E-state index contributed by atoms with van der Waals surface area (Å²) in [6, 6.07) is 6.57. The van der Waals surface area contributed by atoms with E-state index in [1.807, 2.05) is 13.8 Å². The van der Waals surface area contributed by atoms with Gasteiger partial charge < -0.3 is 11.1 Å². The van der Waals surface area contributed by atoms with Gasteiger partial charge in [0.25, 0.3) is 0 Å². The van der Waals surface area contributed by atoms with Crippen LogP contribution < -0.4 is 15.8 Å². The molecule has 0 bridgehead atoms. The lowest BCUT2D eigenvalue weighted by Crippen LogP contribution is -2.52. The van der Waals surface area contributed by atoms with Crippen molar-refractivity contribution < 1.29 is 13.2 Å². The molecule has 0 fully saturated rings. The number of aryl methyl sites for hydroxylation is 1. The number of nitrogens with two attached hydrogens (primary N) is 1. The van der Waals surface area contributed by atoms with Gasteiger partial charge in [-0.05, 0) is 32.4 Å². The van der Waals surface area contributed by atoms with Crippen LogP contribution in [-0.2, 0) is 14.8 Å². The van der Waals surface area contributed by atoms with E-state index in [0.717, 1.165) is 12.0 Å². The van der Waals surface area contributed by atoms with E-state index >= 15 is 0 Å². The minimum absolute atomic E-state index is 0.115. The van der Waals surface area contributed by atoms with E-state index in [4.69, 9.17) is 5.73 Å². The molecule has 4 N–H and O–H groups in total. The molecule has 0 spiro atoms. The molecule has 1 unspecified atom stereocenters. The molecule has 1 rings (SSSR count). The SMILES string of the molecule is CCCC(C)(N)C(=O)NCCNS(=O)(=O)c1ccc(C)cc1. The Labute approximate surface area is 132 Å². The van der Waals surface area contributed by atoms with E-state index in [1.54, 1.807) is 31.2 Å². The summed E-state index contributed by atoms with van der Waals surface area (Å²) >= 11 is 0. The monoisotopic (exact) mass is 327 g/mol. The largest absolute Gasteiger partial charge is 0.353 e. The van der Waals surface area contributed by atoms with Gasteiger partial charge in [0.15, 0.2) is 0 Å². The van der Waals surface area contributed by atoms with Crippen LogP contribution in [0.3, 0.4) is 0 Å². The molecule has 1 aromatic rings. The van der Waals surface area contributed by atoms with E-state index in [-0.39, 0.29) is 23.9 Å². The number of rotatable bonds is 8. The van der Waals surface area contributed by atoms with Crippen molar-refractivity contribution in [3.05, 3.63) is 29.8 Å². The highest BCUT2D eigenvalue weighted by Gasteiger charge is 2.26. The third kappa shape index (κ3) is 5.40. The summed E-state index contributed by atoms with van der Waals surface area (Å²) in [7, 11) is -3.55. The van der Waals surface area contributed by atoms with E-state index in [9.17, 15) is 13.2 Å². The molecule has 1 atom stereocenters. The summed E-state index contributed by atoms with van der Waals surface area (Å²) in [5, 5.41) is 2.65. The summed E-state index contributed by atoms with van der Waals surface area (Å²) in [6.45, 7) is 5.82. The third-order valence-corrected chi connectivity index (χ3v) is 4.80. The fourth-order valence-corrected chi connectivity index (χ4v) is 3.03. The second-order valence-corrected chi connectivity index (χ2v) is 7.40. The van der Waals surface area contributed by atoms with Crippen LogP contribution in [0, 0.1) is 6.92 Å². The lowest BCUT2D eigenvalue weighted by atomic mass is 9.97. The van der Waals surface area contributed by atoms with Gasteiger partial charge in [0.1, 0.15) is 0 Å². The minimum atomic E-state index is -3.55. The molecule has 0 heterocycles. The van der Waals surface area contributed by atoms with Crippen molar-refractivity contribution in [3.63, 3.8) is 0 Å². The van der Waals surface area contributed by atoms with Crippen LogP contribution in [0.15, 0.2) is 29.2 Å². The van der Waals surface area contributed by atoms with Gasteiger partial charge in [0.05, 0.1) is 10.4 Å². The molecule has 0 aliphatic rings. The third-order valence-electron chi connectivity index (χ3n) is 3.32. The van der Waals surface area contributed by atoms with Crippen LogP contribution in [0.1, 0.15) is 32.3 Å². The Bertz CT molecular complexity index is 595. The van der Waals surface area contributed by atoms with Crippen molar-refractivity contribution >= 4 is 15.9 Å². The normalized spacial score (nSPS) is 14.4. The summed E-state index contributed by atoms with van der Waals surface area (Å²) in [4.78, 5) is 12.1. The van der Waals surface area contributed by atoms with E-state index in [1.165, 1.54) is 0 Å². The highest BCUT2D eigenvalue weighted by atomic mass is 32.2. The molecule has 0 aliphatic carbocycles. The maximum absolute atomic E-state index is 12.0.